The maximum absolute atomic E-state index is 12.5. The van der Waals surface area contributed by atoms with Gasteiger partial charge < -0.3 is 26.6 Å². The summed E-state index contributed by atoms with van der Waals surface area (Å²) in [5.41, 5.74) is 2.65. The zero-order valence-corrected chi connectivity index (χ0v) is 22.4. The van der Waals surface area contributed by atoms with Crippen molar-refractivity contribution in [1.82, 2.24) is 26.6 Å². The van der Waals surface area contributed by atoms with E-state index in [2.05, 4.69) is 77.0 Å². The second kappa shape index (κ2) is 15.6. The van der Waals surface area contributed by atoms with Crippen molar-refractivity contribution in [3.8, 4) is 0 Å². The van der Waals surface area contributed by atoms with E-state index in [1.165, 1.54) is 5.56 Å². The number of unbranched alkanes of at least 4 members (excludes halogenated alkanes) is 1. The van der Waals surface area contributed by atoms with Crippen LogP contribution in [0.1, 0.15) is 36.8 Å². The average molecular weight is 528 g/mol. The van der Waals surface area contributed by atoms with Crippen LogP contribution in [0.15, 0.2) is 48.7 Å². The summed E-state index contributed by atoms with van der Waals surface area (Å²) in [6.07, 6.45) is 1.42. The molecule has 4 amide bonds. The summed E-state index contributed by atoms with van der Waals surface area (Å²) in [6, 6.07) is 12.4. The van der Waals surface area contributed by atoms with Crippen molar-refractivity contribution in [2.45, 2.75) is 32.6 Å². The number of nitrogens with one attached hydrogen (secondary N) is 5. The van der Waals surface area contributed by atoms with Crippen LogP contribution < -0.4 is 26.6 Å². The predicted molar refractivity (Wildman–Crippen MR) is 149 cm³/mol. The first kappa shape index (κ1) is 29.7. The van der Waals surface area contributed by atoms with Crippen LogP contribution in [0.2, 0.25) is 0 Å². The lowest BCUT2D eigenvalue weighted by molar-refractivity contribution is -0.125. The topological polar surface area (TPSA) is 128 Å². The summed E-state index contributed by atoms with van der Waals surface area (Å²) in [7, 11) is 0. The van der Waals surface area contributed by atoms with Gasteiger partial charge in [0, 0.05) is 18.8 Å². The van der Waals surface area contributed by atoms with Crippen LogP contribution in [0.5, 0.6) is 0 Å². The molecule has 37 heavy (non-hydrogen) atoms. The first-order valence-electron chi connectivity index (χ1n) is 12.3. The molecular weight excluding hydrogens is 490 g/mol. The van der Waals surface area contributed by atoms with Crippen molar-refractivity contribution in [2.24, 2.45) is 0 Å². The molecule has 0 aliphatic rings. The highest BCUT2D eigenvalue weighted by Crippen LogP contribution is 2.22. The number of hydrogen-bond donors (Lipinski definition) is 6. The molecule has 200 valence electrons. The SMILES string of the molecule is C=C(CNC(=O)CS)NCC(=O)NCC(=O)NCCCCNC(=O)[C@@H](C)c1ccc2cc(C)ccc2c1. The zero-order valence-electron chi connectivity index (χ0n) is 21.5. The Labute approximate surface area is 223 Å². The summed E-state index contributed by atoms with van der Waals surface area (Å²) < 4.78 is 0. The van der Waals surface area contributed by atoms with Crippen LogP contribution in [0.25, 0.3) is 10.8 Å². The van der Waals surface area contributed by atoms with Gasteiger partial charge in [-0.2, -0.15) is 12.6 Å². The van der Waals surface area contributed by atoms with Gasteiger partial charge in [-0.3, -0.25) is 19.2 Å². The quantitative estimate of drug-likeness (QED) is 0.155. The average Bonchev–Trinajstić information content (AvgIpc) is 2.90. The third-order valence-electron chi connectivity index (χ3n) is 5.73. The lowest BCUT2D eigenvalue weighted by Crippen LogP contribution is -2.41. The van der Waals surface area contributed by atoms with Gasteiger partial charge in [0.1, 0.15) is 0 Å². The van der Waals surface area contributed by atoms with Gasteiger partial charge in [0.05, 0.1) is 31.3 Å². The predicted octanol–water partition coefficient (Wildman–Crippen LogP) is 1.53. The van der Waals surface area contributed by atoms with E-state index < -0.39 is 0 Å². The molecule has 0 heterocycles. The van der Waals surface area contributed by atoms with E-state index in [1.807, 2.05) is 19.1 Å². The van der Waals surface area contributed by atoms with Crippen molar-refractivity contribution >= 4 is 47.0 Å². The Kier molecular flexibility index (Phi) is 12.5. The van der Waals surface area contributed by atoms with Crippen molar-refractivity contribution in [2.75, 3.05) is 38.5 Å². The molecule has 5 N–H and O–H groups in total. The highest BCUT2D eigenvalue weighted by atomic mass is 32.1. The van der Waals surface area contributed by atoms with Crippen molar-refractivity contribution in [3.05, 3.63) is 59.8 Å². The molecule has 9 nitrogen and oxygen atoms in total. The fourth-order valence-corrected chi connectivity index (χ4v) is 3.59. The number of amides is 4. The Bertz CT molecular complexity index is 1120. The molecule has 10 heteroatoms. The summed E-state index contributed by atoms with van der Waals surface area (Å²) in [5.74, 6) is -1.11. The Morgan fingerprint density at radius 3 is 2.11 bits per heavy atom. The van der Waals surface area contributed by atoms with Crippen LogP contribution in [-0.2, 0) is 19.2 Å². The fourth-order valence-electron chi connectivity index (χ4n) is 3.48. The van der Waals surface area contributed by atoms with Gasteiger partial charge in [-0.05, 0) is 43.0 Å². The first-order valence-corrected chi connectivity index (χ1v) is 12.9. The molecular formula is C27H37N5O4S. The van der Waals surface area contributed by atoms with E-state index in [0.29, 0.717) is 25.2 Å². The number of fused-ring (bicyclic) bond motifs is 1. The molecule has 0 aliphatic heterocycles. The summed E-state index contributed by atoms with van der Waals surface area (Å²) in [5, 5.41) is 15.8. The molecule has 0 fully saturated rings. The summed E-state index contributed by atoms with van der Waals surface area (Å²) >= 11 is 3.85. The number of thiol groups is 1. The Balaban J connectivity index is 1.55. The molecule has 2 aromatic carbocycles. The van der Waals surface area contributed by atoms with Gasteiger partial charge in [0.15, 0.2) is 0 Å². The van der Waals surface area contributed by atoms with E-state index >= 15 is 0 Å². The van der Waals surface area contributed by atoms with Crippen molar-refractivity contribution < 1.29 is 19.2 Å². The lowest BCUT2D eigenvalue weighted by Gasteiger charge is -2.14. The summed E-state index contributed by atoms with van der Waals surface area (Å²) in [6.45, 7) is 8.63. The highest BCUT2D eigenvalue weighted by molar-refractivity contribution is 7.81. The number of hydrogen-bond acceptors (Lipinski definition) is 6. The van der Waals surface area contributed by atoms with Gasteiger partial charge in [0.2, 0.25) is 23.6 Å². The molecule has 0 spiro atoms. The first-order chi connectivity index (χ1) is 17.7. The normalized spacial score (nSPS) is 11.3. The second-order valence-corrected chi connectivity index (χ2v) is 9.16. The van der Waals surface area contributed by atoms with E-state index in [4.69, 9.17) is 0 Å². The van der Waals surface area contributed by atoms with Gasteiger partial charge in [-0.25, -0.2) is 0 Å². The van der Waals surface area contributed by atoms with Gasteiger partial charge in [-0.15, -0.1) is 0 Å². The van der Waals surface area contributed by atoms with E-state index in [-0.39, 0.29) is 54.9 Å². The number of benzene rings is 2. The minimum Gasteiger partial charge on any atom is -0.379 e. The molecule has 0 saturated carbocycles. The van der Waals surface area contributed by atoms with Gasteiger partial charge in [0.25, 0.3) is 0 Å². The molecule has 0 radical (unpaired) electrons. The van der Waals surface area contributed by atoms with Crippen molar-refractivity contribution in [3.63, 3.8) is 0 Å². The number of aryl methyl sites for hydroxylation is 1. The summed E-state index contributed by atoms with van der Waals surface area (Å²) in [4.78, 5) is 47.4. The molecule has 0 unspecified atom stereocenters. The molecule has 1 atom stereocenters. The highest BCUT2D eigenvalue weighted by Gasteiger charge is 2.15. The Morgan fingerprint density at radius 2 is 1.38 bits per heavy atom. The van der Waals surface area contributed by atoms with E-state index in [1.54, 1.807) is 0 Å². The van der Waals surface area contributed by atoms with Crippen LogP contribution in [0.4, 0.5) is 0 Å². The van der Waals surface area contributed by atoms with Crippen LogP contribution in [0.3, 0.4) is 0 Å². The maximum atomic E-state index is 12.5. The van der Waals surface area contributed by atoms with Crippen molar-refractivity contribution in [1.29, 1.82) is 0 Å². The second-order valence-electron chi connectivity index (χ2n) is 8.85. The Morgan fingerprint density at radius 1 is 0.784 bits per heavy atom. The monoisotopic (exact) mass is 527 g/mol. The molecule has 2 aromatic rings. The minimum atomic E-state index is -0.366. The third-order valence-corrected chi connectivity index (χ3v) is 6.01. The van der Waals surface area contributed by atoms with Gasteiger partial charge in [-0.1, -0.05) is 48.5 Å². The molecule has 0 bridgehead atoms. The Hall–Kier alpha value is -3.53. The number of carbonyl (C=O) groups is 4. The number of carbonyl (C=O) groups excluding carboxylic acids is 4. The minimum absolute atomic E-state index is 0.0291. The van der Waals surface area contributed by atoms with Crippen LogP contribution in [0, 0.1) is 6.92 Å². The standard InChI is InChI=1S/C27H37N5O4S/c1-18-6-7-23-13-21(8-9-22(23)12-18)20(3)27(36)29-11-5-4-10-28-24(33)16-32-25(34)15-30-19(2)14-31-26(35)17-37/h6-9,12-13,20,30,37H,2,4-5,10-11,14-17H2,1,3H3,(H,28,33)(H,29,36)(H,31,35)(H,32,34)/t20-/m0/s1. The molecule has 0 saturated heterocycles. The van der Waals surface area contributed by atoms with Crippen LogP contribution in [-0.4, -0.2) is 62.1 Å². The third kappa shape index (κ3) is 10.9. The molecule has 0 aliphatic carbocycles. The van der Waals surface area contributed by atoms with Gasteiger partial charge >= 0.3 is 0 Å². The molecule has 2 rings (SSSR count). The van der Waals surface area contributed by atoms with Crippen LogP contribution >= 0.6 is 12.6 Å². The maximum Gasteiger partial charge on any atom is 0.239 e. The van der Waals surface area contributed by atoms with E-state index in [0.717, 1.165) is 22.8 Å². The zero-order chi connectivity index (χ0) is 27.2. The molecule has 0 aromatic heterocycles. The smallest absolute Gasteiger partial charge is 0.239 e. The largest absolute Gasteiger partial charge is 0.379 e. The van der Waals surface area contributed by atoms with E-state index in [9.17, 15) is 19.2 Å². The fraction of sp³-hybridized carbons (Fsp3) is 0.407. The number of rotatable bonds is 15. The lowest BCUT2D eigenvalue weighted by atomic mass is 9.96.